The predicted molar refractivity (Wildman–Crippen MR) is 64.8 cm³/mol. The Morgan fingerprint density at radius 1 is 1.24 bits per heavy atom. The highest BCUT2D eigenvalue weighted by Gasteiger charge is 2.09. The molecule has 0 N–H and O–H groups in total. The van der Waals surface area contributed by atoms with Crippen LogP contribution in [-0.4, -0.2) is 5.97 Å². The van der Waals surface area contributed by atoms with Gasteiger partial charge < -0.3 is 9.15 Å². The third-order valence-electron chi connectivity index (χ3n) is 2.49. The van der Waals surface area contributed by atoms with E-state index in [1.54, 1.807) is 6.07 Å². The minimum atomic E-state index is -0.380. The van der Waals surface area contributed by atoms with Gasteiger partial charge in [0.25, 0.3) is 5.95 Å². The normalized spacial score (nSPS) is 10.2. The van der Waals surface area contributed by atoms with Crippen LogP contribution in [0.1, 0.15) is 19.4 Å². The standard InChI is InChI=1S/C14H14O3/c1-3-11-6-4-5-7-12(11)13-8-9-14(17-13)16-10(2)15/h4-9H,3H2,1-2H3. The third-order valence-corrected chi connectivity index (χ3v) is 2.49. The van der Waals surface area contributed by atoms with Gasteiger partial charge >= 0.3 is 5.97 Å². The number of aryl methyl sites for hydroxylation is 1. The van der Waals surface area contributed by atoms with Crippen molar-refractivity contribution in [3.05, 3.63) is 42.0 Å². The van der Waals surface area contributed by atoms with Crippen LogP contribution in [0, 0.1) is 0 Å². The van der Waals surface area contributed by atoms with Gasteiger partial charge in [-0.3, -0.25) is 4.79 Å². The van der Waals surface area contributed by atoms with Crippen molar-refractivity contribution >= 4 is 5.97 Å². The van der Waals surface area contributed by atoms with Crippen LogP contribution < -0.4 is 4.74 Å². The van der Waals surface area contributed by atoms with Crippen LogP contribution in [-0.2, 0) is 11.2 Å². The fourth-order valence-corrected chi connectivity index (χ4v) is 1.73. The molecule has 3 nitrogen and oxygen atoms in total. The average molecular weight is 230 g/mol. The van der Waals surface area contributed by atoms with Crippen molar-refractivity contribution in [3.63, 3.8) is 0 Å². The maximum atomic E-state index is 10.8. The van der Waals surface area contributed by atoms with E-state index in [-0.39, 0.29) is 11.9 Å². The fourth-order valence-electron chi connectivity index (χ4n) is 1.73. The van der Waals surface area contributed by atoms with E-state index in [9.17, 15) is 4.79 Å². The lowest BCUT2D eigenvalue weighted by Gasteiger charge is -2.03. The summed E-state index contributed by atoms with van der Waals surface area (Å²) in [4.78, 5) is 10.8. The molecule has 2 aromatic rings. The number of rotatable bonds is 3. The molecular formula is C14H14O3. The highest BCUT2D eigenvalue weighted by Crippen LogP contribution is 2.29. The van der Waals surface area contributed by atoms with E-state index >= 15 is 0 Å². The van der Waals surface area contributed by atoms with Gasteiger partial charge in [-0.25, -0.2) is 0 Å². The molecule has 0 aliphatic rings. The first-order valence-electron chi connectivity index (χ1n) is 5.57. The Balaban J connectivity index is 2.33. The van der Waals surface area contributed by atoms with Gasteiger partial charge in [-0.1, -0.05) is 31.2 Å². The number of esters is 1. The summed E-state index contributed by atoms with van der Waals surface area (Å²) in [5, 5.41) is 0. The summed E-state index contributed by atoms with van der Waals surface area (Å²) in [5.41, 5.74) is 2.24. The molecule has 1 heterocycles. The molecule has 2 rings (SSSR count). The number of furan rings is 1. The summed E-state index contributed by atoms with van der Waals surface area (Å²) in [5.74, 6) is 0.576. The molecule has 88 valence electrons. The van der Waals surface area contributed by atoms with E-state index in [0.29, 0.717) is 0 Å². The van der Waals surface area contributed by atoms with Crippen LogP contribution >= 0.6 is 0 Å². The molecule has 0 aliphatic heterocycles. The van der Waals surface area contributed by atoms with Crippen LogP contribution in [0.5, 0.6) is 5.95 Å². The van der Waals surface area contributed by atoms with E-state index in [1.165, 1.54) is 12.5 Å². The van der Waals surface area contributed by atoms with Crippen molar-refractivity contribution in [3.8, 4) is 17.3 Å². The van der Waals surface area contributed by atoms with Crippen LogP contribution in [0.25, 0.3) is 11.3 Å². The van der Waals surface area contributed by atoms with Gasteiger partial charge in [0.2, 0.25) is 0 Å². The predicted octanol–water partition coefficient (Wildman–Crippen LogP) is 3.43. The van der Waals surface area contributed by atoms with Crippen molar-refractivity contribution in [1.82, 2.24) is 0 Å². The Hall–Kier alpha value is -2.03. The van der Waals surface area contributed by atoms with E-state index in [2.05, 4.69) is 13.0 Å². The number of hydrogen-bond donors (Lipinski definition) is 0. The Morgan fingerprint density at radius 3 is 2.71 bits per heavy atom. The van der Waals surface area contributed by atoms with Gasteiger partial charge in [0, 0.05) is 18.6 Å². The summed E-state index contributed by atoms with van der Waals surface area (Å²) < 4.78 is 10.4. The molecule has 0 aliphatic carbocycles. The van der Waals surface area contributed by atoms with Crippen molar-refractivity contribution in [2.24, 2.45) is 0 Å². The Morgan fingerprint density at radius 2 is 2.00 bits per heavy atom. The molecular weight excluding hydrogens is 216 g/mol. The summed E-state index contributed by atoms with van der Waals surface area (Å²) in [6, 6.07) is 11.5. The lowest BCUT2D eigenvalue weighted by molar-refractivity contribution is -0.133. The second-order valence-electron chi connectivity index (χ2n) is 3.72. The third kappa shape index (κ3) is 2.56. The van der Waals surface area contributed by atoms with Gasteiger partial charge in [-0.05, 0) is 18.1 Å². The first kappa shape index (κ1) is 11.5. The molecule has 0 bridgehead atoms. The molecule has 0 spiro atoms. The zero-order valence-electron chi connectivity index (χ0n) is 9.90. The topological polar surface area (TPSA) is 39.4 Å². The van der Waals surface area contributed by atoms with E-state index < -0.39 is 0 Å². The monoisotopic (exact) mass is 230 g/mol. The SMILES string of the molecule is CCc1ccccc1-c1ccc(OC(C)=O)o1. The van der Waals surface area contributed by atoms with Crippen LogP contribution in [0.3, 0.4) is 0 Å². The largest absolute Gasteiger partial charge is 0.425 e. The zero-order valence-corrected chi connectivity index (χ0v) is 9.90. The number of ether oxygens (including phenoxy) is 1. The molecule has 0 atom stereocenters. The zero-order chi connectivity index (χ0) is 12.3. The molecule has 3 heteroatoms. The van der Waals surface area contributed by atoms with Gasteiger partial charge in [-0.2, -0.15) is 0 Å². The smallest absolute Gasteiger partial charge is 0.310 e. The maximum Gasteiger partial charge on any atom is 0.310 e. The summed E-state index contributed by atoms with van der Waals surface area (Å²) in [6.07, 6.45) is 0.930. The number of hydrogen-bond acceptors (Lipinski definition) is 3. The molecule has 0 radical (unpaired) electrons. The second-order valence-corrected chi connectivity index (χ2v) is 3.72. The molecule has 0 saturated carbocycles. The quantitative estimate of drug-likeness (QED) is 0.758. The molecule has 17 heavy (non-hydrogen) atoms. The summed E-state index contributed by atoms with van der Waals surface area (Å²) >= 11 is 0. The van der Waals surface area contributed by atoms with Crippen molar-refractivity contribution in [2.75, 3.05) is 0 Å². The number of benzene rings is 1. The van der Waals surface area contributed by atoms with Gasteiger partial charge in [0.1, 0.15) is 5.76 Å². The highest BCUT2D eigenvalue weighted by atomic mass is 16.6. The summed E-state index contributed by atoms with van der Waals surface area (Å²) in [6.45, 7) is 3.44. The lowest BCUT2D eigenvalue weighted by atomic mass is 10.0. The maximum absolute atomic E-state index is 10.8. The second kappa shape index (κ2) is 4.87. The van der Waals surface area contributed by atoms with Crippen LogP contribution in [0.15, 0.2) is 40.8 Å². The highest BCUT2D eigenvalue weighted by molar-refractivity contribution is 5.69. The molecule has 1 aromatic carbocycles. The van der Waals surface area contributed by atoms with Crippen LogP contribution in [0.2, 0.25) is 0 Å². The Labute approximate surface area is 100 Å². The number of carbonyl (C=O) groups is 1. The molecule has 0 amide bonds. The minimum absolute atomic E-state index is 0.235. The summed E-state index contributed by atoms with van der Waals surface area (Å²) in [7, 11) is 0. The van der Waals surface area contributed by atoms with Gasteiger partial charge in [-0.15, -0.1) is 0 Å². The van der Waals surface area contributed by atoms with E-state index in [1.807, 2.05) is 24.3 Å². The number of carbonyl (C=O) groups excluding carboxylic acids is 1. The minimum Gasteiger partial charge on any atom is -0.425 e. The molecule has 0 saturated heterocycles. The average Bonchev–Trinajstić information content (AvgIpc) is 2.76. The van der Waals surface area contributed by atoms with Crippen LogP contribution in [0.4, 0.5) is 0 Å². The molecule has 1 aromatic heterocycles. The first-order chi connectivity index (χ1) is 8.20. The van der Waals surface area contributed by atoms with Gasteiger partial charge in [0.05, 0.1) is 0 Å². The van der Waals surface area contributed by atoms with Crippen molar-refractivity contribution < 1.29 is 13.9 Å². The Kier molecular flexibility index (Phi) is 3.28. The lowest BCUT2D eigenvalue weighted by Crippen LogP contribution is -1.99. The van der Waals surface area contributed by atoms with Crippen molar-refractivity contribution in [1.29, 1.82) is 0 Å². The molecule has 0 unspecified atom stereocenters. The fraction of sp³-hybridized carbons (Fsp3) is 0.214. The van der Waals surface area contributed by atoms with Gasteiger partial charge in [0.15, 0.2) is 0 Å². The van der Waals surface area contributed by atoms with E-state index in [0.717, 1.165) is 17.7 Å². The Bertz CT molecular complexity index is 526. The molecule has 0 fully saturated rings. The first-order valence-corrected chi connectivity index (χ1v) is 5.57. The van der Waals surface area contributed by atoms with Crippen molar-refractivity contribution in [2.45, 2.75) is 20.3 Å². The van der Waals surface area contributed by atoms with E-state index in [4.69, 9.17) is 9.15 Å².